The van der Waals surface area contributed by atoms with E-state index in [4.69, 9.17) is 17.3 Å². The molecule has 2 rings (SSSR count). The van der Waals surface area contributed by atoms with Crippen molar-refractivity contribution in [2.24, 2.45) is 0 Å². The van der Waals surface area contributed by atoms with Crippen molar-refractivity contribution in [2.75, 3.05) is 11.1 Å². The van der Waals surface area contributed by atoms with Crippen molar-refractivity contribution >= 4 is 39.7 Å². The third kappa shape index (κ3) is 4.20. The lowest BCUT2D eigenvalue weighted by atomic mass is 10.0. The van der Waals surface area contributed by atoms with E-state index in [1.54, 1.807) is 25.1 Å². The van der Waals surface area contributed by atoms with E-state index in [1.165, 1.54) is 6.42 Å². The average Bonchev–Trinajstić information content (AvgIpc) is 2.49. The monoisotopic (exact) mass is 328 g/mol. The molecule has 1 fully saturated rings. The van der Waals surface area contributed by atoms with Crippen LogP contribution in [0.15, 0.2) is 18.2 Å². The molecule has 1 amide bonds. The molecular formula is C15H21ClN2O2S. The van der Waals surface area contributed by atoms with E-state index in [1.807, 2.05) is 0 Å². The summed E-state index contributed by atoms with van der Waals surface area (Å²) in [5, 5.41) is 2.73. The molecule has 21 heavy (non-hydrogen) atoms. The number of hydrogen-bond acceptors (Lipinski definition) is 3. The van der Waals surface area contributed by atoms with E-state index in [9.17, 15) is 9.00 Å². The minimum atomic E-state index is -1.15. The predicted molar refractivity (Wildman–Crippen MR) is 89.0 cm³/mol. The van der Waals surface area contributed by atoms with Crippen LogP contribution in [0, 0.1) is 0 Å². The normalized spacial score (nSPS) is 19.0. The zero-order valence-electron chi connectivity index (χ0n) is 12.1. The Morgan fingerprint density at radius 2 is 2.05 bits per heavy atom. The van der Waals surface area contributed by atoms with Crippen molar-refractivity contribution in [3.8, 4) is 0 Å². The largest absolute Gasteiger partial charge is 0.399 e. The molecule has 1 aliphatic carbocycles. The second-order valence-corrected chi connectivity index (χ2v) is 7.90. The zero-order valence-corrected chi connectivity index (χ0v) is 13.7. The van der Waals surface area contributed by atoms with Gasteiger partial charge in [-0.1, -0.05) is 30.9 Å². The molecule has 1 aromatic rings. The molecule has 0 heterocycles. The summed E-state index contributed by atoms with van der Waals surface area (Å²) < 4.78 is 12.5. The molecule has 1 aliphatic rings. The molecule has 1 aromatic carbocycles. The highest BCUT2D eigenvalue weighted by atomic mass is 35.5. The first-order valence-electron chi connectivity index (χ1n) is 7.24. The molecule has 2 atom stereocenters. The topological polar surface area (TPSA) is 72.2 Å². The van der Waals surface area contributed by atoms with Crippen LogP contribution in [-0.4, -0.2) is 20.6 Å². The Kier molecular flexibility index (Phi) is 5.65. The second-order valence-electron chi connectivity index (χ2n) is 5.46. The Morgan fingerprint density at radius 1 is 1.38 bits per heavy atom. The fraction of sp³-hybridized carbons (Fsp3) is 0.533. The number of hydrogen-bond donors (Lipinski definition) is 2. The standard InChI is InChI=1S/C15H21ClN2O2S/c1-10(21(20)12-5-3-2-4-6-12)15(19)18-14-8-7-11(17)9-13(14)16/h7-10,12H,2-6,17H2,1H3,(H,18,19). The summed E-state index contributed by atoms with van der Waals surface area (Å²) in [4.78, 5) is 12.2. The van der Waals surface area contributed by atoms with Gasteiger partial charge in [0, 0.05) is 21.7 Å². The van der Waals surface area contributed by atoms with Crippen molar-refractivity contribution < 1.29 is 9.00 Å². The van der Waals surface area contributed by atoms with Gasteiger partial charge in [-0.05, 0) is 38.0 Å². The van der Waals surface area contributed by atoms with Crippen LogP contribution in [0.2, 0.25) is 5.02 Å². The highest BCUT2D eigenvalue weighted by molar-refractivity contribution is 7.87. The lowest BCUT2D eigenvalue weighted by Crippen LogP contribution is -2.35. The Labute approximate surface area is 132 Å². The highest BCUT2D eigenvalue weighted by Crippen LogP contribution is 2.26. The molecule has 3 N–H and O–H groups in total. The summed E-state index contributed by atoms with van der Waals surface area (Å²) in [7, 11) is -1.15. The van der Waals surface area contributed by atoms with Gasteiger partial charge in [0.2, 0.25) is 5.91 Å². The van der Waals surface area contributed by atoms with Crippen LogP contribution in [0.1, 0.15) is 39.0 Å². The molecule has 1 saturated carbocycles. The van der Waals surface area contributed by atoms with Gasteiger partial charge in [-0.2, -0.15) is 0 Å². The van der Waals surface area contributed by atoms with Crippen LogP contribution >= 0.6 is 11.6 Å². The van der Waals surface area contributed by atoms with Crippen LogP contribution in [0.25, 0.3) is 0 Å². The van der Waals surface area contributed by atoms with E-state index >= 15 is 0 Å². The first-order chi connectivity index (χ1) is 9.99. The Hall–Kier alpha value is -1.07. The molecule has 0 spiro atoms. The van der Waals surface area contributed by atoms with Crippen molar-refractivity contribution in [1.29, 1.82) is 0 Å². The number of carbonyl (C=O) groups is 1. The molecule has 0 saturated heterocycles. The summed E-state index contributed by atoms with van der Waals surface area (Å²) in [6, 6.07) is 4.91. The lowest BCUT2D eigenvalue weighted by molar-refractivity contribution is -0.115. The van der Waals surface area contributed by atoms with Crippen molar-refractivity contribution in [3.05, 3.63) is 23.2 Å². The number of halogens is 1. The quantitative estimate of drug-likeness (QED) is 0.833. The van der Waals surface area contributed by atoms with Crippen molar-refractivity contribution in [1.82, 2.24) is 0 Å². The Bertz CT molecular complexity index is 544. The van der Waals surface area contributed by atoms with E-state index in [2.05, 4.69) is 5.32 Å². The maximum atomic E-state index is 12.5. The molecule has 0 radical (unpaired) electrons. The smallest absolute Gasteiger partial charge is 0.239 e. The van der Waals surface area contributed by atoms with Gasteiger partial charge in [0.15, 0.2) is 0 Å². The fourth-order valence-electron chi connectivity index (χ4n) is 2.56. The van der Waals surface area contributed by atoms with E-state index in [-0.39, 0.29) is 11.2 Å². The van der Waals surface area contributed by atoms with Gasteiger partial charge in [0.05, 0.1) is 10.7 Å². The van der Waals surface area contributed by atoms with Crippen LogP contribution in [0.4, 0.5) is 11.4 Å². The van der Waals surface area contributed by atoms with Crippen LogP contribution in [0.5, 0.6) is 0 Å². The number of nitrogens with one attached hydrogen (secondary N) is 1. The summed E-state index contributed by atoms with van der Waals surface area (Å²) in [6.07, 6.45) is 5.32. The molecule has 2 unspecified atom stereocenters. The van der Waals surface area contributed by atoms with Crippen LogP contribution in [-0.2, 0) is 15.6 Å². The lowest BCUT2D eigenvalue weighted by Gasteiger charge is -2.24. The third-order valence-corrected chi connectivity index (χ3v) is 6.20. The van der Waals surface area contributed by atoms with Gasteiger partial charge in [-0.3, -0.25) is 9.00 Å². The molecule has 4 nitrogen and oxygen atoms in total. The minimum Gasteiger partial charge on any atom is -0.399 e. The maximum Gasteiger partial charge on any atom is 0.239 e. The Morgan fingerprint density at radius 3 is 2.67 bits per heavy atom. The SMILES string of the molecule is CC(C(=O)Nc1ccc(N)cc1Cl)S(=O)C1CCCCC1. The molecule has 0 bridgehead atoms. The first-order valence-corrected chi connectivity index (χ1v) is 8.89. The Balaban J connectivity index is 2.00. The van der Waals surface area contributed by atoms with E-state index < -0.39 is 16.0 Å². The molecule has 6 heteroatoms. The van der Waals surface area contributed by atoms with Gasteiger partial charge in [-0.15, -0.1) is 0 Å². The number of amides is 1. The zero-order chi connectivity index (χ0) is 15.4. The van der Waals surface area contributed by atoms with E-state index in [0.29, 0.717) is 16.4 Å². The third-order valence-electron chi connectivity index (χ3n) is 3.85. The van der Waals surface area contributed by atoms with Crippen LogP contribution in [0.3, 0.4) is 0 Å². The summed E-state index contributed by atoms with van der Waals surface area (Å²) >= 11 is 6.04. The maximum absolute atomic E-state index is 12.5. The number of rotatable bonds is 4. The number of carbonyl (C=O) groups excluding carboxylic acids is 1. The molecule has 0 aromatic heterocycles. The molecule has 116 valence electrons. The summed E-state index contributed by atoms with van der Waals surface area (Å²) in [6.45, 7) is 1.71. The van der Waals surface area contributed by atoms with Gasteiger partial charge in [-0.25, -0.2) is 0 Å². The summed E-state index contributed by atoms with van der Waals surface area (Å²) in [5.41, 5.74) is 6.66. The highest BCUT2D eigenvalue weighted by Gasteiger charge is 2.28. The van der Waals surface area contributed by atoms with Gasteiger partial charge in [0.1, 0.15) is 5.25 Å². The van der Waals surface area contributed by atoms with E-state index in [0.717, 1.165) is 25.7 Å². The average molecular weight is 329 g/mol. The first kappa shape index (κ1) is 16.3. The number of nitrogen functional groups attached to an aromatic ring is 1. The van der Waals surface area contributed by atoms with Crippen molar-refractivity contribution in [2.45, 2.75) is 49.5 Å². The van der Waals surface area contributed by atoms with Crippen molar-refractivity contribution in [3.63, 3.8) is 0 Å². The van der Waals surface area contributed by atoms with Crippen LogP contribution < -0.4 is 11.1 Å². The van der Waals surface area contributed by atoms with Gasteiger partial charge in [0.25, 0.3) is 0 Å². The minimum absolute atomic E-state index is 0.140. The van der Waals surface area contributed by atoms with Gasteiger partial charge < -0.3 is 11.1 Å². The predicted octanol–water partition coefficient (Wildman–Crippen LogP) is 3.33. The molecular weight excluding hydrogens is 308 g/mol. The molecule has 0 aliphatic heterocycles. The second kappa shape index (κ2) is 7.27. The number of benzene rings is 1. The van der Waals surface area contributed by atoms with Gasteiger partial charge >= 0.3 is 0 Å². The number of nitrogens with two attached hydrogens (primary N) is 1. The fourth-order valence-corrected chi connectivity index (χ4v) is 4.44. The number of anilines is 2. The summed E-state index contributed by atoms with van der Waals surface area (Å²) in [5.74, 6) is -0.259.